The number of esters is 2. The first-order valence-corrected chi connectivity index (χ1v) is 20.8. The van der Waals surface area contributed by atoms with Crippen LogP contribution < -0.4 is 0 Å². The molecule has 0 spiro atoms. The number of aliphatic hydroxyl groups is 1. The number of Topliss-reactive ketones (excluding diaryl/α,β-unsaturated/α-hetero) is 1. The van der Waals surface area contributed by atoms with Crippen molar-refractivity contribution in [2.45, 2.75) is 152 Å². The van der Waals surface area contributed by atoms with E-state index in [1.165, 1.54) is 38.3 Å². The van der Waals surface area contributed by atoms with Crippen LogP contribution in [0.15, 0.2) is 24.3 Å². The zero-order valence-electron chi connectivity index (χ0n) is 35.6. The molecule has 2 aliphatic carbocycles. The summed E-state index contributed by atoms with van der Waals surface area (Å²) in [6.07, 6.45) is -6.77. The second-order valence-electron chi connectivity index (χ2n) is 16.9. The molecule has 13 atom stereocenters. The molecule has 3 fully saturated rings. The molecule has 2 aromatic carbocycles. The number of hydrogen-bond donors (Lipinski definition) is 3. The van der Waals surface area contributed by atoms with E-state index in [1.807, 2.05) is 19.0 Å². The van der Waals surface area contributed by atoms with Crippen molar-refractivity contribution in [1.82, 2.24) is 4.90 Å². The number of hydrogen-bond acceptors (Lipinski definition) is 17. The number of aromatic hydroxyl groups is 2. The molecule has 0 radical (unpaired) electrons. The molecule has 7 rings (SSSR count). The van der Waals surface area contributed by atoms with Crippen LogP contribution in [0.1, 0.15) is 128 Å². The topological polar surface area (TPSA) is 223 Å². The van der Waals surface area contributed by atoms with Gasteiger partial charge in [-0.25, -0.2) is 0 Å². The van der Waals surface area contributed by atoms with Crippen LogP contribution in [-0.2, 0) is 52.3 Å². The maximum Gasteiger partial charge on any atom is 0.316 e. The largest absolute Gasteiger partial charge is 0.507 e. The quantitative estimate of drug-likeness (QED) is 0.247. The Morgan fingerprint density at radius 2 is 1.56 bits per heavy atom. The number of phenolic OH excluding ortho intramolecular Hbond substituents is 2. The van der Waals surface area contributed by atoms with E-state index < -0.39 is 108 Å². The lowest BCUT2D eigenvalue weighted by atomic mass is 9.67. The smallest absolute Gasteiger partial charge is 0.316 e. The van der Waals surface area contributed by atoms with E-state index in [9.17, 15) is 39.3 Å². The number of carbonyl (C=O) groups excluding carboxylic acids is 5. The second kappa shape index (κ2) is 17.4. The fourth-order valence-electron chi connectivity index (χ4n) is 9.58. The highest BCUT2D eigenvalue weighted by atomic mass is 16.7. The summed E-state index contributed by atoms with van der Waals surface area (Å²) in [5.74, 6) is -5.18. The van der Waals surface area contributed by atoms with E-state index in [0.717, 1.165) is 0 Å². The van der Waals surface area contributed by atoms with Crippen molar-refractivity contribution in [1.29, 1.82) is 0 Å². The lowest BCUT2D eigenvalue weighted by Crippen LogP contribution is -2.58. The summed E-state index contributed by atoms with van der Waals surface area (Å²) in [6, 6.07) is 5.06. The third-order valence-corrected chi connectivity index (χ3v) is 12.7. The third kappa shape index (κ3) is 8.34. The highest BCUT2D eigenvalue weighted by Gasteiger charge is 2.54. The minimum absolute atomic E-state index is 0.0119. The van der Waals surface area contributed by atoms with Crippen LogP contribution in [0.2, 0.25) is 0 Å². The first-order chi connectivity index (χ1) is 28.9. The first kappa shape index (κ1) is 44.7. The third-order valence-electron chi connectivity index (χ3n) is 12.7. The number of carbonyl (C=O) groups is 5. The number of fused-ring (bicyclic) bond motifs is 3. The normalized spacial score (nSPS) is 35.0. The Labute approximate surface area is 353 Å². The van der Waals surface area contributed by atoms with E-state index in [1.54, 1.807) is 27.7 Å². The number of benzene rings is 2. The predicted molar refractivity (Wildman–Crippen MR) is 211 cm³/mol. The summed E-state index contributed by atoms with van der Waals surface area (Å²) in [6.45, 7) is 8.25. The molecule has 3 N–H and O–H groups in total. The van der Waals surface area contributed by atoms with Gasteiger partial charge in [-0.15, -0.1) is 0 Å². The Morgan fingerprint density at radius 1 is 0.885 bits per heavy atom. The molecule has 17 heteroatoms. The summed E-state index contributed by atoms with van der Waals surface area (Å²) in [5.41, 5.74) is -2.57. The van der Waals surface area contributed by atoms with Crippen LogP contribution in [-0.4, -0.2) is 138 Å². The van der Waals surface area contributed by atoms with Crippen LogP contribution in [0, 0.1) is 0 Å². The van der Waals surface area contributed by atoms with Crippen molar-refractivity contribution >= 4 is 29.3 Å². The van der Waals surface area contributed by atoms with E-state index in [4.69, 9.17) is 37.9 Å². The fourth-order valence-corrected chi connectivity index (χ4v) is 9.58. The second-order valence-corrected chi connectivity index (χ2v) is 16.9. The van der Waals surface area contributed by atoms with Gasteiger partial charge in [0, 0.05) is 61.8 Å². The van der Waals surface area contributed by atoms with Gasteiger partial charge in [0.05, 0.1) is 42.1 Å². The molecule has 0 amide bonds. The Morgan fingerprint density at radius 3 is 2.20 bits per heavy atom. The molecule has 2 aromatic rings. The van der Waals surface area contributed by atoms with Crippen LogP contribution in [0.3, 0.4) is 0 Å². The number of rotatable bonds is 10. The number of ether oxygens (including phenoxy) is 8. The Hall–Kier alpha value is -4.33. The maximum atomic E-state index is 14.0. The number of nitrogens with zero attached hydrogens (tertiary/aromatic N) is 1. The van der Waals surface area contributed by atoms with Gasteiger partial charge in [-0.1, -0.05) is 19.1 Å². The molecule has 3 saturated heterocycles. The molecule has 13 unspecified atom stereocenters. The van der Waals surface area contributed by atoms with Gasteiger partial charge in [-0.05, 0) is 59.0 Å². The molecule has 3 aliphatic heterocycles. The number of phenols is 2. The highest BCUT2D eigenvalue weighted by Crippen LogP contribution is 2.54. The number of methoxy groups -OCH3 is 1. The summed E-state index contributed by atoms with van der Waals surface area (Å²) in [4.78, 5) is 67.5. The lowest BCUT2D eigenvalue weighted by molar-refractivity contribution is -0.325. The van der Waals surface area contributed by atoms with E-state index in [0.29, 0.717) is 12.8 Å². The van der Waals surface area contributed by atoms with Gasteiger partial charge in [0.1, 0.15) is 41.8 Å². The van der Waals surface area contributed by atoms with Crippen molar-refractivity contribution in [3.05, 3.63) is 57.6 Å². The minimum Gasteiger partial charge on any atom is -0.507 e. The van der Waals surface area contributed by atoms with Gasteiger partial charge in [-0.2, -0.15) is 0 Å². The van der Waals surface area contributed by atoms with Crippen LogP contribution in [0.4, 0.5) is 0 Å². The van der Waals surface area contributed by atoms with Crippen molar-refractivity contribution < 1.29 is 77.2 Å². The Kier molecular flexibility index (Phi) is 12.8. The number of likely N-dealkylation sites (N-methyl/N-ethyl adjacent to an activating group) is 1. The molecule has 5 aliphatic rings. The minimum atomic E-state index is -1.77. The van der Waals surface area contributed by atoms with Crippen molar-refractivity contribution in [2.24, 2.45) is 0 Å². The standard InChI is InChI=1S/C44H55NO16/c1-9-44(53)18-30(35-24(37(44)43(52)54-8)15-25-36(40(35)51)39(50)34-23(38(25)49)11-10-12-28(34)48)59-32-16-26(45(6)7)41(20(3)56-32)61-33-17-29(58-22(5)46)42(21(4)57-33)60-31-14-13-27(47)19(2)55-31/h10-12,15,19-21,26,29-33,37,41-42,48,51,53H,9,13-14,16-18H2,1-8H3. The van der Waals surface area contributed by atoms with Crippen molar-refractivity contribution in [3.8, 4) is 11.5 Å². The SMILES string of the molecule is CCC1(O)CC(OC2CC(N(C)C)C(OC3CC(OC(C)=O)C(OC4CCC(=O)C(C)O4)C(C)O3)C(C)O2)c2c(cc3c(c2O)C(=O)c2c(O)cccc2C3=O)C1C(=O)OC. The van der Waals surface area contributed by atoms with Gasteiger partial charge in [0.2, 0.25) is 5.78 Å². The molecular weight excluding hydrogens is 798 g/mol. The summed E-state index contributed by atoms with van der Waals surface area (Å²) >= 11 is 0. The van der Waals surface area contributed by atoms with Crippen LogP contribution in [0.5, 0.6) is 11.5 Å². The Balaban J connectivity index is 1.15. The predicted octanol–water partition coefficient (Wildman–Crippen LogP) is 3.73. The summed E-state index contributed by atoms with van der Waals surface area (Å²) in [5, 5.41) is 34.8. The molecule has 3 heterocycles. The van der Waals surface area contributed by atoms with E-state index in [-0.39, 0.29) is 70.9 Å². The first-order valence-electron chi connectivity index (χ1n) is 20.8. The van der Waals surface area contributed by atoms with Gasteiger partial charge >= 0.3 is 11.9 Å². The van der Waals surface area contributed by atoms with Crippen LogP contribution in [0.25, 0.3) is 0 Å². The molecular formula is C44H55NO16. The fraction of sp³-hybridized carbons (Fsp3) is 0.614. The molecule has 0 saturated carbocycles. The van der Waals surface area contributed by atoms with E-state index in [2.05, 4.69) is 0 Å². The zero-order valence-corrected chi connectivity index (χ0v) is 35.6. The van der Waals surface area contributed by atoms with Gasteiger partial charge in [0.25, 0.3) is 0 Å². The van der Waals surface area contributed by atoms with Gasteiger partial charge < -0.3 is 58.1 Å². The monoisotopic (exact) mass is 853 g/mol. The van der Waals surface area contributed by atoms with Gasteiger partial charge in [0.15, 0.2) is 30.4 Å². The zero-order chi connectivity index (χ0) is 44.2. The maximum absolute atomic E-state index is 14.0. The molecule has 332 valence electrons. The van der Waals surface area contributed by atoms with E-state index >= 15 is 0 Å². The highest BCUT2D eigenvalue weighted by molar-refractivity contribution is 6.30. The molecule has 17 nitrogen and oxygen atoms in total. The summed E-state index contributed by atoms with van der Waals surface area (Å²) < 4.78 is 48.9. The van der Waals surface area contributed by atoms with Gasteiger partial charge in [-0.3, -0.25) is 24.0 Å². The summed E-state index contributed by atoms with van der Waals surface area (Å²) in [7, 11) is 4.90. The lowest BCUT2D eigenvalue weighted by Gasteiger charge is -2.48. The average Bonchev–Trinajstić information content (AvgIpc) is 3.19. The molecule has 0 aromatic heterocycles. The average molecular weight is 854 g/mol. The van der Waals surface area contributed by atoms with Crippen LogP contribution >= 0.6 is 0 Å². The van der Waals surface area contributed by atoms with Crippen molar-refractivity contribution in [3.63, 3.8) is 0 Å². The van der Waals surface area contributed by atoms with Crippen molar-refractivity contribution in [2.75, 3.05) is 21.2 Å². The Bertz CT molecular complexity index is 2070. The molecule has 61 heavy (non-hydrogen) atoms. The number of ketones is 3. The molecule has 0 bridgehead atoms.